The molecule has 0 bridgehead atoms. The van der Waals surface area contributed by atoms with Gasteiger partial charge in [0, 0.05) is 31.0 Å². The van der Waals surface area contributed by atoms with Crippen molar-refractivity contribution in [1.82, 2.24) is 14.5 Å². The monoisotopic (exact) mass is 441 g/mol. The summed E-state index contributed by atoms with van der Waals surface area (Å²) in [5.74, 6) is 0. The minimum atomic E-state index is -0.489. The highest BCUT2D eigenvalue weighted by molar-refractivity contribution is 6.30. The molecule has 0 aliphatic carbocycles. The number of amides is 1. The number of piperidine rings is 1. The van der Waals surface area contributed by atoms with Gasteiger partial charge < -0.3 is 14.4 Å². The van der Waals surface area contributed by atoms with Crippen molar-refractivity contribution in [2.45, 2.75) is 51.9 Å². The first-order valence-electron chi connectivity index (χ1n) is 10.6. The fourth-order valence-electron chi connectivity index (χ4n) is 3.70. The van der Waals surface area contributed by atoms with E-state index in [4.69, 9.17) is 26.1 Å². The topological polar surface area (TPSA) is 56.6 Å². The number of aromatic nitrogens is 2. The van der Waals surface area contributed by atoms with Crippen LogP contribution in [0.25, 0.3) is 11.0 Å². The summed E-state index contributed by atoms with van der Waals surface area (Å²) in [5.41, 5.74) is 2.56. The van der Waals surface area contributed by atoms with Crippen LogP contribution in [0.2, 0.25) is 5.02 Å². The van der Waals surface area contributed by atoms with E-state index in [0.717, 1.165) is 29.4 Å². The molecule has 2 heterocycles. The highest BCUT2D eigenvalue weighted by Gasteiger charge is 2.28. The second-order valence-corrected chi connectivity index (χ2v) is 9.32. The minimum Gasteiger partial charge on any atom is -0.461 e. The van der Waals surface area contributed by atoms with E-state index < -0.39 is 5.60 Å². The van der Waals surface area contributed by atoms with Crippen LogP contribution >= 0.6 is 11.6 Å². The molecule has 0 spiro atoms. The predicted octanol–water partition coefficient (Wildman–Crippen LogP) is 5.52. The highest BCUT2D eigenvalue weighted by Crippen LogP contribution is 2.26. The normalized spacial score (nSPS) is 15.3. The van der Waals surface area contributed by atoms with E-state index in [0.29, 0.717) is 30.7 Å². The Morgan fingerprint density at radius 2 is 1.77 bits per heavy atom. The Balaban J connectivity index is 1.47. The van der Waals surface area contributed by atoms with Crippen LogP contribution in [0, 0.1) is 0 Å². The zero-order valence-electron chi connectivity index (χ0n) is 18.2. The van der Waals surface area contributed by atoms with Crippen molar-refractivity contribution < 1.29 is 14.3 Å². The maximum absolute atomic E-state index is 12.3. The first-order valence-corrected chi connectivity index (χ1v) is 11.0. The lowest BCUT2D eigenvalue weighted by atomic mass is 10.1. The third-order valence-electron chi connectivity index (χ3n) is 5.24. The van der Waals surface area contributed by atoms with Crippen molar-refractivity contribution in [2.24, 2.45) is 0 Å². The van der Waals surface area contributed by atoms with Crippen LogP contribution in [0.5, 0.6) is 6.01 Å². The number of fused-ring (bicyclic) bond motifs is 1. The smallest absolute Gasteiger partial charge is 0.410 e. The molecule has 31 heavy (non-hydrogen) atoms. The SMILES string of the molecule is CC(C)(C)OC(=O)N1CCC(Oc2nc3ccccc3n2Cc2ccc(Cl)cc2)CC1. The van der Waals surface area contributed by atoms with Gasteiger partial charge in [0.15, 0.2) is 0 Å². The van der Waals surface area contributed by atoms with E-state index in [1.807, 2.05) is 63.2 Å². The standard InChI is InChI=1S/C24H28ClN3O3/c1-24(2,3)31-23(29)27-14-12-19(13-15-27)30-22-26-20-6-4-5-7-21(20)28(22)16-17-8-10-18(25)11-9-17/h4-11,19H,12-16H2,1-3H3. The number of carbonyl (C=O) groups excluding carboxylic acids is 1. The lowest BCUT2D eigenvalue weighted by molar-refractivity contribution is 0.0116. The van der Waals surface area contributed by atoms with E-state index in [1.165, 1.54) is 0 Å². The van der Waals surface area contributed by atoms with Gasteiger partial charge in [0.05, 0.1) is 17.6 Å². The molecule has 1 aliphatic heterocycles. The Bertz CT molecular complexity index is 1050. The van der Waals surface area contributed by atoms with E-state index >= 15 is 0 Å². The minimum absolute atomic E-state index is 0.000494. The summed E-state index contributed by atoms with van der Waals surface area (Å²) in [6, 6.07) is 16.4. The number of carbonyl (C=O) groups is 1. The number of halogens is 1. The van der Waals surface area contributed by atoms with Gasteiger partial charge in [0.2, 0.25) is 0 Å². The molecule has 164 valence electrons. The van der Waals surface area contributed by atoms with Gasteiger partial charge in [-0.15, -0.1) is 0 Å². The van der Waals surface area contributed by atoms with Gasteiger partial charge in [-0.2, -0.15) is 4.98 Å². The maximum atomic E-state index is 12.3. The van der Waals surface area contributed by atoms with Crippen LogP contribution in [0.15, 0.2) is 48.5 Å². The van der Waals surface area contributed by atoms with Gasteiger partial charge in [0.1, 0.15) is 11.7 Å². The van der Waals surface area contributed by atoms with Crippen LogP contribution < -0.4 is 4.74 Å². The number of likely N-dealkylation sites (tertiary alicyclic amines) is 1. The summed E-state index contributed by atoms with van der Waals surface area (Å²) in [5, 5.41) is 0.715. The number of hydrogen-bond acceptors (Lipinski definition) is 4. The fourth-order valence-corrected chi connectivity index (χ4v) is 3.83. The van der Waals surface area contributed by atoms with Crippen LogP contribution in [0.4, 0.5) is 4.79 Å². The van der Waals surface area contributed by atoms with Gasteiger partial charge in [-0.3, -0.25) is 4.57 Å². The largest absolute Gasteiger partial charge is 0.461 e. The van der Waals surface area contributed by atoms with Crippen LogP contribution in [-0.4, -0.2) is 45.3 Å². The van der Waals surface area contributed by atoms with Gasteiger partial charge in [-0.1, -0.05) is 35.9 Å². The molecule has 0 atom stereocenters. The summed E-state index contributed by atoms with van der Waals surface area (Å²) in [7, 11) is 0. The summed E-state index contributed by atoms with van der Waals surface area (Å²) < 4.78 is 13.9. The van der Waals surface area contributed by atoms with Gasteiger partial charge in [-0.25, -0.2) is 4.79 Å². The first kappa shape index (κ1) is 21.5. The lowest BCUT2D eigenvalue weighted by Gasteiger charge is -2.33. The Hall–Kier alpha value is -2.73. The molecular weight excluding hydrogens is 414 g/mol. The fraction of sp³-hybridized carbons (Fsp3) is 0.417. The number of nitrogens with zero attached hydrogens (tertiary/aromatic N) is 3. The average Bonchev–Trinajstić information content (AvgIpc) is 3.06. The van der Waals surface area contributed by atoms with Crippen LogP contribution in [0.1, 0.15) is 39.2 Å². The average molecular weight is 442 g/mol. The first-order chi connectivity index (χ1) is 14.8. The highest BCUT2D eigenvalue weighted by atomic mass is 35.5. The molecule has 3 aromatic rings. The molecule has 6 nitrogen and oxygen atoms in total. The quantitative estimate of drug-likeness (QED) is 0.535. The van der Waals surface area contributed by atoms with E-state index in [1.54, 1.807) is 4.90 Å². The van der Waals surface area contributed by atoms with Crippen molar-refractivity contribution in [3.05, 3.63) is 59.1 Å². The third kappa shape index (κ3) is 5.31. The van der Waals surface area contributed by atoms with Gasteiger partial charge >= 0.3 is 6.09 Å². The molecule has 1 saturated heterocycles. The molecule has 0 unspecified atom stereocenters. The van der Waals surface area contributed by atoms with E-state index in [2.05, 4.69) is 10.6 Å². The second-order valence-electron chi connectivity index (χ2n) is 8.88. The lowest BCUT2D eigenvalue weighted by Crippen LogP contribution is -2.44. The Kier molecular flexibility index (Phi) is 6.10. The zero-order valence-corrected chi connectivity index (χ0v) is 18.9. The number of hydrogen-bond donors (Lipinski definition) is 0. The number of benzene rings is 2. The molecule has 4 rings (SSSR count). The Labute approximate surface area is 187 Å². The van der Waals surface area contributed by atoms with Crippen LogP contribution in [-0.2, 0) is 11.3 Å². The zero-order chi connectivity index (χ0) is 22.0. The Morgan fingerprint density at radius 1 is 1.10 bits per heavy atom. The van der Waals surface area contributed by atoms with Crippen molar-refractivity contribution in [3.63, 3.8) is 0 Å². The number of para-hydroxylation sites is 2. The predicted molar refractivity (Wildman–Crippen MR) is 122 cm³/mol. The molecular formula is C24H28ClN3O3. The number of ether oxygens (including phenoxy) is 2. The molecule has 1 fully saturated rings. The van der Waals surface area contributed by atoms with Gasteiger partial charge in [0.25, 0.3) is 6.01 Å². The molecule has 0 saturated carbocycles. The molecule has 0 radical (unpaired) electrons. The van der Waals surface area contributed by atoms with Gasteiger partial charge in [-0.05, 0) is 50.6 Å². The second kappa shape index (κ2) is 8.79. The summed E-state index contributed by atoms with van der Waals surface area (Å²) in [6.45, 7) is 7.50. The van der Waals surface area contributed by atoms with Crippen molar-refractivity contribution in [3.8, 4) is 6.01 Å². The third-order valence-corrected chi connectivity index (χ3v) is 5.49. The summed E-state index contributed by atoms with van der Waals surface area (Å²) in [4.78, 5) is 18.8. The number of imidazole rings is 1. The Morgan fingerprint density at radius 3 is 2.45 bits per heavy atom. The molecule has 1 aliphatic rings. The molecule has 1 amide bonds. The summed E-state index contributed by atoms with van der Waals surface area (Å²) >= 11 is 6.04. The maximum Gasteiger partial charge on any atom is 0.410 e. The van der Waals surface area contributed by atoms with Crippen molar-refractivity contribution in [2.75, 3.05) is 13.1 Å². The van der Waals surface area contributed by atoms with Crippen LogP contribution in [0.3, 0.4) is 0 Å². The molecule has 2 aromatic carbocycles. The van der Waals surface area contributed by atoms with E-state index in [9.17, 15) is 4.79 Å². The molecule has 1 aromatic heterocycles. The summed E-state index contributed by atoms with van der Waals surface area (Å²) in [6.07, 6.45) is 1.22. The molecule has 0 N–H and O–H groups in total. The molecule has 7 heteroatoms. The van der Waals surface area contributed by atoms with E-state index in [-0.39, 0.29) is 12.2 Å². The van der Waals surface area contributed by atoms with Crippen molar-refractivity contribution >= 4 is 28.7 Å². The number of rotatable bonds is 4. The van der Waals surface area contributed by atoms with Crippen molar-refractivity contribution in [1.29, 1.82) is 0 Å².